The Balaban J connectivity index is 1.92. The summed E-state index contributed by atoms with van der Waals surface area (Å²) in [5.41, 5.74) is -0.190. The van der Waals surface area contributed by atoms with Crippen LogP contribution in [0.25, 0.3) is 0 Å². The Hall–Kier alpha value is -1.45. The van der Waals surface area contributed by atoms with Crippen molar-refractivity contribution in [3.63, 3.8) is 0 Å². The molecule has 3 fully saturated rings. The van der Waals surface area contributed by atoms with Gasteiger partial charge in [0.2, 0.25) is 0 Å². The lowest BCUT2D eigenvalue weighted by Gasteiger charge is -2.68. The molecule has 17 heavy (non-hydrogen) atoms. The van der Waals surface area contributed by atoms with Gasteiger partial charge in [-0.3, -0.25) is 4.79 Å². The van der Waals surface area contributed by atoms with Gasteiger partial charge in [-0.1, -0.05) is 24.3 Å². The Labute approximate surface area is 97.3 Å². The number of carbonyl (C=O) groups is 1. The van der Waals surface area contributed by atoms with Crippen LogP contribution in [0.4, 0.5) is 8.78 Å². The zero-order valence-corrected chi connectivity index (χ0v) is 9.12. The quantitative estimate of drug-likeness (QED) is 0.878. The minimum Gasteiger partial charge on any atom is -0.481 e. The zero-order chi connectivity index (χ0) is 12.3. The molecule has 0 amide bonds. The molecule has 1 aromatic rings. The maximum absolute atomic E-state index is 12.9. The Morgan fingerprint density at radius 3 is 2.35 bits per heavy atom. The van der Waals surface area contributed by atoms with Crippen molar-refractivity contribution in [2.75, 3.05) is 0 Å². The fraction of sp³-hybridized carbons (Fsp3) is 0.462. The molecule has 1 N–H and O–H groups in total. The number of rotatable bonds is 3. The van der Waals surface area contributed by atoms with Gasteiger partial charge in [0.15, 0.2) is 0 Å². The molecule has 0 spiro atoms. The normalized spacial score (nSPS) is 34.1. The summed E-state index contributed by atoms with van der Waals surface area (Å²) in [7, 11) is 0. The maximum atomic E-state index is 12.9. The molecular formula is C13H12F2O2. The molecule has 0 saturated heterocycles. The maximum Gasteiger partial charge on any atom is 0.309 e. The predicted molar refractivity (Wildman–Crippen MR) is 57.0 cm³/mol. The van der Waals surface area contributed by atoms with Crippen molar-refractivity contribution in [1.29, 1.82) is 0 Å². The molecule has 3 aliphatic rings. The molecule has 3 aliphatic carbocycles. The molecule has 2 nitrogen and oxygen atoms in total. The smallest absolute Gasteiger partial charge is 0.309 e. The number of aliphatic carboxylic acids is 1. The topological polar surface area (TPSA) is 37.3 Å². The van der Waals surface area contributed by atoms with Crippen LogP contribution in [0, 0.1) is 5.41 Å². The molecule has 4 heteroatoms. The van der Waals surface area contributed by atoms with Crippen LogP contribution < -0.4 is 0 Å². The molecule has 0 unspecified atom stereocenters. The monoisotopic (exact) mass is 238 g/mol. The highest BCUT2D eigenvalue weighted by Crippen LogP contribution is 2.74. The average Bonchev–Trinajstić information content (AvgIpc) is 2.13. The Morgan fingerprint density at radius 1 is 1.24 bits per heavy atom. The predicted octanol–water partition coefficient (Wildman–Crippen LogP) is 3.13. The molecule has 0 aliphatic heterocycles. The Morgan fingerprint density at radius 2 is 1.82 bits per heavy atom. The van der Waals surface area contributed by atoms with Crippen LogP contribution in [0.2, 0.25) is 0 Å². The molecule has 4 rings (SSSR count). The molecule has 0 heterocycles. The van der Waals surface area contributed by atoms with Gasteiger partial charge in [0, 0.05) is 5.56 Å². The average molecular weight is 238 g/mol. The van der Waals surface area contributed by atoms with Crippen molar-refractivity contribution in [1.82, 2.24) is 0 Å². The van der Waals surface area contributed by atoms with E-state index in [1.807, 2.05) is 0 Å². The van der Waals surface area contributed by atoms with E-state index in [0.717, 1.165) is 0 Å². The fourth-order valence-electron chi connectivity index (χ4n) is 3.47. The Kier molecular flexibility index (Phi) is 1.92. The number of alkyl halides is 2. The number of benzene rings is 1. The molecule has 90 valence electrons. The van der Waals surface area contributed by atoms with Gasteiger partial charge in [-0.2, -0.15) is 0 Å². The highest BCUT2D eigenvalue weighted by Gasteiger charge is 2.72. The van der Waals surface area contributed by atoms with Crippen molar-refractivity contribution >= 4 is 5.97 Å². The van der Waals surface area contributed by atoms with Crippen LogP contribution in [0.5, 0.6) is 0 Å². The molecule has 2 bridgehead atoms. The highest BCUT2D eigenvalue weighted by molar-refractivity contribution is 5.81. The minimum absolute atomic E-state index is 0.0613. The second-order valence-corrected chi connectivity index (χ2v) is 5.28. The van der Waals surface area contributed by atoms with E-state index in [-0.39, 0.29) is 11.0 Å². The third kappa shape index (κ3) is 1.21. The summed E-state index contributed by atoms with van der Waals surface area (Å²) in [5, 5.41) is 9.02. The zero-order valence-electron chi connectivity index (χ0n) is 9.12. The first-order valence-corrected chi connectivity index (χ1v) is 5.60. The van der Waals surface area contributed by atoms with Crippen LogP contribution in [-0.4, -0.2) is 11.1 Å². The first kappa shape index (κ1) is 10.7. The van der Waals surface area contributed by atoms with Gasteiger partial charge in [-0.05, 0) is 30.2 Å². The summed E-state index contributed by atoms with van der Waals surface area (Å²) in [6.07, 6.45) is -0.946. The van der Waals surface area contributed by atoms with Crippen LogP contribution in [0.15, 0.2) is 24.3 Å². The van der Waals surface area contributed by atoms with Gasteiger partial charge < -0.3 is 5.11 Å². The summed E-state index contributed by atoms with van der Waals surface area (Å²) >= 11 is 0. The number of carboxylic acid groups (broad SMARTS) is 1. The summed E-state index contributed by atoms with van der Waals surface area (Å²) in [5.74, 6) is -0.783. The number of hydrogen-bond donors (Lipinski definition) is 1. The van der Waals surface area contributed by atoms with Gasteiger partial charge >= 0.3 is 5.97 Å². The van der Waals surface area contributed by atoms with Crippen LogP contribution in [-0.2, 0) is 10.2 Å². The van der Waals surface area contributed by atoms with Crippen LogP contribution in [0.1, 0.15) is 36.8 Å². The van der Waals surface area contributed by atoms with Gasteiger partial charge in [0.05, 0.1) is 5.41 Å². The third-order valence-corrected chi connectivity index (χ3v) is 4.25. The van der Waals surface area contributed by atoms with Crippen molar-refractivity contribution in [3.05, 3.63) is 35.4 Å². The molecule has 3 saturated carbocycles. The summed E-state index contributed by atoms with van der Waals surface area (Å²) < 4.78 is 25.7. The molecule has 0 aromatic heterocycles. The van der Waals surface area contributed by atoms with Gasteiger partial charge in [0.25, 0.3) is 6.43 Å². The standard InChI is InChI=1S/C13H12F2O2/c14-10(15)8-3-1-2-4-9(8)12-5-13(6-12,7-12)11(16)17/h1-4,10H,5-7H2,(H,16,17). The van der Waals surface area contributed by atoms with Crippen molar-refractivity contribution in [2.45, 2.75) is 31.1 Å². The highest BCUT2D eigenvalue weighted by atomic mass is 19.3. The van der Waals surface area contributed by atoms with Gasteiger partial charge in [-0.25, -0.2) is 8.78 Å². The van der Waals surface area contributed by atoms with Crippen molar-refractivity contribution in [2.24, 2.45) is 5.41 Å². The minimum atomic E-state index is -2.49. The SMILES string of the molecule is O=C(O)C12CC(c3ccccc3C(F)F)(C1)C2. The molecule has 0 radical (unpaired) electrons. The van der Waals surface area contributed by atoms with Gasteiger partial charge in [0.1, 0.15) is 0 Å². The molecule has 0 atom stereocenters. The lowest BCUT2D eigenvalue weighted by molar-refractivity contribution is -0.194. The van der Waals surface area contributed by atoms with Crippen molar-refractivity contribution < 1.29 is 18.7 Å². The van der Waals surface area contributed by atoms with Gasteiger partial charge in [-0.15, -0.1) is 0 Å². The summed E-state index contributed by atoms with van der Waals surface area (Å²) in [4.78, 5) is 11.0. The molecule has 1 aromatic carbocycles. The second kappa shape index (κ2) is 3.06. The molecular weight excluding hydrogens is 226 g/mol. The fourth-order valence-corrected chi connectivity index (χ4v) is 3.47. The van der Waals surface area contributed by atoms with E-state index in [1.165, 1.54) is 6.07 Å². The first-order valence-electron chi connectivity index (χ1n) is 5.60. The van der Waals surface area contributed by atoms with E-state index in [1.54, 1.807) is 18.2 Å². The van der Waals surface area contributed by atoms with Crippen LogP contribution >= 0.6 is 0 Å². The van der Waals surface area contributed by atoms with Crippen LogP contribution in [0.3, 0.4) is 0 Å². The Bertz CT molecular complexity index is 476. The van der Waals surface area contributed by atoms with E-state index in [4.69, 9.17) is 5.11 Å². The number of halogens is 2. The third-order valence-electron chi connectivity index (χ3n) is 4.25. The number of carboxylic acids is 1. The van der Waals surface area contributed by atoms with E-state index in [0.29, 0.717) is 24.8 Å². The second-order valence-electron chi connectivity index (χ2n) is 5.28. The van der Waals surface area contributed by atoms with E-state index < -0.39 is 17.8 Å². The lowest BCUT2D eigenvalue weighted by Crippen LogP contribution is -2.68. The first-order chi connectivity index (χ1) is 7.99. The largest absolute Gasteiger partial charge is 0.481 e. The van der Waals surface area contributed by atoms with E-state index in [9.17, 15) is 13.6 Å². The summed E-state index contributed by atoms with van der Waals surface area (Å²) in [6.45, 7) is 0. The lowest BCUT2D eigenvalue weighted by atomic mass is 9.33. The number of hydrogen-bond acceptors (Lipinski definition) is 1. The van der Waals surface area contributed by atoms with E-state index >= 15 is 0 Å². The van der Waals surface area contributed by atoms with Crippen molar-refractivity contribution in [3.8, 4) is 0 Å². The summed E-state index contributed by atoms with van der Waals surface area (Å²) in [6, 6.07) is 6.50. The van der Waals surface area contributed by atoms with E-state index in [2.05, 4.69) is 0 Å².